The van der Waals surface area contributed by atoms with Gasteiger partial charge in [0.1, 0.15) is 5.15 Å². The highest BCUT2D eigenvalue weighted by Gasteiger charge is 1.97. The lowest BCUT2D eigenvalue weighted by atomic mass is 10.2. The third kappa shape index (κ3) is 3.46. The van der Waals surface area contributed by atoms with E-state index >= 15 is 0 Å². The number of hydrogen-bond donors (Lipinski definition) is 1. The molecule has 0 bridgehead atoms. The molecule has 4 heteroatoms. The van der Waals surface area contributed by atoms with Gasteiger partial charge >= 0.3 is 0 Å². The van der Waals surface area contributed by atoms with Crippen molar-refractivity contribution in [2.75, 3.05) is 6.61 Å². The number of pyridine rings is 1. The van der Waals surface area contributed by atoms with Gasteiger partial charge in [0.15, 0.2) is 0 Å². The van der Waals surface area contributed by atoms with Crippen LogP contribution in [-0.2, 0) is 0 Å². The molecule has 0 radical (unpaired) electrons. The minimum Gasteiger partial charge on any atom is -0.396 e. The third-order valence-electron chi connectivity index (χ3n) is 1.44. The summed E-state index contributed by atoms with van der Waals surface area (Å²) in [6, 6.07) is 1.76. The third-order valence-corrected chi connectivity index (χ3v) is 2.31. The van der Waals surface area contributed by atoms with Gasteiger partial charge in [0.05, 0.1) is 0 Å². The fraction of sp³-hybridized carbons (Fsp3) is 0.222. The molecule has 0 saturated heterocycles. The Morgan fingerprint density at radius 3 is 3.08 bits per heavy atom. The van der Waals surface area contributed by atoms with E-state index in [1.165, 1.54) is 0 Å². The number of aromatic nitrogens is 1. The van der Waals surface area contributed by atoms with Crippen LogP contribution in [-0.4, -0.2) is 16.7 Å². The van der Waals surface area contributed by atoms with E-state index in [0.29, 0.717) is 11.6 Å². The Morgan fingerprint density at radius 1 is 1.62 bits per heavy atom. The highest BCUT2D eigenvalue weighted by Crippen LogP contribution is 2.19. The van der Waals surface area contributed by atoms with E-state index in [9.17, 15) is 0 Å². The van der Waals surface area contributed by atoms with Gasteiger partial charge in [-0.1, -0.05) is 23.8 Å². The molecule has 1 aromatic heterocycles. The van der Waals surface area contributed by atoms with Crippen molar-refractivity contribution < 1.29 is 5.11 Å². The fourth-order valence-electron chi connectivity index (χ4n) is 0.840. The number of rotatable bonds is 3. The van der Waals surface area contributed by atoms with Crippen LogP contribution in [0.4, 0.5) is 0 Å². The van der Waals surface area contributed by atoms with Gasteiger partial charge in [0.25, 0.3) is 0 Å². The highest BCUT2D eigenvalue weighted by molar-refractivity contribution is 9.10. The van der Waals surface area contributed by atoms with Gasteiger partial charge in [0.2, 0.25) is 0 Å². The predicted octanol–water partition coefficient (Wildman–Crippen LogP) is 2.89. The van der Waals surface area contributed by atoms with Gasteiger partial charge in [-0.25, -0.2) is 4.98 Å². The monoisotopic (exact) mass is 261 g/mol. The van der Waals surface area contributed by atoms with Gasteiger partial charge in [-0.05, 0) is 34.0 Å². The molecular formula is C9H9BrClNO. The first-order chi connectivity index (χ1) is 6.24. The van der Waals surface area contributed by atoms with Crippen LogP contribution in [0.25, 0.3) is 6.08 Å². The van der Waals surface area contributed by atoms with Crippen LogP contribution >= 0.6 is 27.5 Å². The van der Waals surface area contributed by atoms with Crippen LogP contribution in [0.15, 0.2) is 22.8 Å². The minimum atomic E-state index is 0.160. The molecule has 70 valence electrons. The maximum atomic E-state index is 8.57. The van der Waals surface area contributed by atoms with Crippen molar-refractivity contribution in [2.45, 2.75) is 6.42 Å². The SMILES string of the molecule is OCCC=Cc1cc(Cl)ncc1Br. The Hall–Kier alpha value is -0.380. The van der Waals surface area contributed by atoms with Crippen molar-refractivity contribution in [3.8, 4) is 0 Å². The molecule has 1 rings (SSSR count). The molecule has 0 aliphatic rings. The fourth-order valence-corrected chi connectivity index (χ4v) is 1.36. The Bertz CT molecular complexity index is 314. The Balaban J connectivity index is 2.81. The first kappa shape index (κ1) is 10.7. The molecule has 0 aliphatic carbocycles. The van der Waals surface area contributed by atoms with E-state index in [-0.39, 0.29) is 6.61 Å². The molecule has 0 amide bonds. The Morgan fingerprint density at radius 2 is 2.38 bits per heavy atom. The van der Waals surface area contributed by atoms with Crippen LogP contribution in [0.3, 0.4) is 0 Å². The summed E-state index contributed by atoms with van der Waals surface area (Å²) in [4.78, 5) is 3.90. The maximum absolute atomic E-state index is 8.57. The second-order valence-corrected chi connectivity index (χ2v) is 3.68. The Labute approximate surface area is 90.4 Å². The summed E-state index contributed by atoms with van der Waals surface area (Å²) in [5, 5.41) is 9.03. The Kier molecular flexibility index (Phi) is 4.42. The lowest BCUT2D eigenvalue weighted by molar-refractivity contribution is 0.303. The summed E-state index contributed by atoms with van der Waals surface area (Å²) in [5.41, 5.74) is 0.966. The second kappa shape index (κ2) is 5.37. The van der Waals surface area contributed by atoms with Gasteiger partial charge in [-0.2, -0.15) is 0 Å². The maximum Gasteiger partial charge on any atom is 0.129 e. The van der Waals surface area contributed by atoms with Crippen LogP contribution in [0, 0.1) is 0 Å². The molecule has 2 nitrogen and oxygen atoms in total. The molecular weight excluding hydrogens is 253 g/mol. The molecule has 1 N–H and O–H groups in total. The van der Waals surface area contributed by atoms with Gasteiger partial charge in [-0.15, -0.1) is 0 Å². The first-order valence-electron chi connectivity index (χ1n) is 3.82. The van der Waals surface area contributed by atoms with Crippen LogP contribution in [0.2, 0.25) is 5.15 Å². The molecule has 0 atom stereocenters. The van der Waals surface area contributed by atoms with Crippen molar-refractivity contribution >= 4 is 33.6 Å². The molecule has 13 heavy (non-hydrogen) atoms. The number of halogens is 2. The van der Waals surface area contributed by atoms with Crippen molar-refractivity contribution in [2.24, 2.45) is 0 Å². The quantitative estimate of drug-likeness (QED) is 0.850. The van der Waals surface area contributed by atoms with Crippen molar-refractivity contribution in [3.05, 3.63) is 33.5 Å². The van der Waals surface area contributed by atoms with Crippen molar-refractivity contribution in [1.29, 1.82) is 0 Å². The second-order valence-electron chi connectivity index (χ2n) is 2.44. The van der Waals surface area contributed by atoms with E-state index in [4.69, 9.17) is 16.7 Å². The summed E-state index contributed by atoms with van der Waals surface area (Å²) < 4.78 is 0.895. The minimum absolute atomic E-state index is 0.160. The van der Waals surface area contributed by atoms with Crippen LogP contribution in [0.5, 0.6) is 0 Å². The zero-order valence-corrected chi connectivity index (χ0v) is 9.22. The number of aliphatic hydroxyl groups is 1. The number of nitrogens with zero attached hydrogens (tertiary/aromatic N) is 1. The van der Waals surface area contributed by atoms with Gasteiger partial charge < -0.3 is 5.11 Å². The van der Waals surface area contributed by atoms with Crippen LogP contribution < -0.4 is 0 Å². The lowest BCUT2D eigenvalue weighted by Gasteiger charge is -1.97. The van der Waals surface area contributed by atoms with E-state index in [1.54, 1.807) is 12.3 Å². The molecule has 0 unspecified atom stereocenters. The summed E-state index contributed by atoms with van der Waals surface area (Å²) in [7, 11) is 0. The highest BCUT2D eigenvalue weighted by atomic mass is 79.9. The predicted molar refractivity (Wildman–Crippen MR) is 57.7 cm³/mol. The lowest BCUT2D eigenvalue weighted by Crippen LogP contribution is -1.81. The van der Waals surface area contributed by atoms with Gasteiger partial charge in [0, 0.05) is 17.3 Å². The standard InChI is InChI=1S/C9H9BrClNO/c10-8-6-12-9(11)5-7(8)3-1-2-4-13/h1,3,5-6,13H,2,4H2. The van der Waals surface area contributed by atoms with Crippen molar-refractivity contribution in [1.82, 2.24) is 4.98 Å². The molecule has 1 heterocycles. The molecule has 0 spiro atoms. The summed E-state index contributed by atoms with van der Waals surface area (Å²) in [6.45, 7) is 0.160. The van der Waals surface area contributed by atoms with Crippen molar-refractivity contribution in [3.63, 3.8) is 0 Å². The molecule has 0 fully saturated rings. The molecule has 0 aromatic carbocycles. The summed E-state index contributed by atoms with van der Waals surface area (Å²) in [6.07, 6.45) is 6.08. The largest absolute Gasteiger partial charge is 0.396 e. The normalized spacial score (nSPS) is 11.0. The average molecular weight is 263 g/mol. The van der Waals surface area contributed by atoms with Crippen LogP contribution in [0.1, 0.15) is 12.0 Å². The zero-order chi connectivity index (χ0) is 9.68. The topological polar surface area (TPSA) is 33.1 Å². The zero-order valence-electron chi connectivity index (χ0n) is 6.87. The average Bonchev–Trinajstić information content (AvgIpc) is 2.11. The molecule has 0 saturated carbocycles. The van der Waals surface area contributed by atoms with E-state index < -0.39 is 0 Å². The van der Waals surface area contributed by atoms with E-state index in [0.717, 1.165) is 10.0 Å². The van der Waals surface area contributed by atoms with E-state index in [1.807, 2.05) is 12.2 Å². The molecule has 1 aromatic rings. The van der Waals surface area contributed by atoms with E-state index in [2.05, 4.69) is 20.9 Å². The smallest absolute Gasteiger partial charge is 0.129 e. The molecule has 0 aliphatic heterocycles. The van der Waals surface area contributed by atoms with Gasteiger partial charge in [-0.3, -0.25) is 0 Å². The number of hydrogen-bond acceptors (Lipinski definition) is 2. The number of aliphatic hydroxyl groups excluding tert-OH is 1. The summed E-state index contributed by atoms with van der Waals surface area (Å²) in [5.74, 6) is 0. The first-order valence-corrected chi connectivity index (χ1v) is 4.99. The summed E-state index contributed by atoms with van der Waals surface area (Å²) >= 11 is 9.06.